The van der Waals surface area contributed by atoms with Gasteiger partial charge in [0.25, 0.3) is 0 Å². The third-order valence-electron chi connectivity index (χ3n) is 2.54. The first-order valence-corrected chi connectivity index (χ1v) is 5.08. The van der Waals surface area contributed by atoms with Crippen LogP contribution in [0.4, 0.5) is 0 Å². The van der Waals surface area contributed by atoms with E-state index in [1.807, 2.05) is 35.0 Å². The minimum Gasteiger partial charge on any atom is -0.392 e. The van der Waals surface area contributed by atoms with Crippen LogP contribution in [0, 0.1) is 0 Å². The van der Waals surface area contributed by atoms with Gasteiger partial charge < -0.3 is 14.8 Å². The number of nitrogens with zero attached hydrogens (tertiary/aromatic N) is 1. The molecule has 80 valence electrons. The number of fused-ring (bicyclic) bond motifs is 1. The summed E-state index contributed by atoms with van der Waals surface area (Å²) in [6.45, 7) is 2.40. The number of aromatic nitrogens is 1. The third-order valence-corrected chi connectivity index (χ3v) is 2.54. The van der Waals surface area contributed by atoms with Crippen LogP contribution >= 0.6 is 0 Å². The van der Waals surface area contributed by atoms with E-state index in [9.17, 15) is 5.11 Å². The molecule has 0 saturated carbocycles. The van der Waals surface area contributed by atoms with Crippen LogP contribution in [-0.2, 0) is 13.2 Å². The number of rotatable bonds is 3. The van der Waals surface area contributed by atoms with E-state index in [4.69, 9.17) is 5.11 Å². The Bertz CT molecular complexity index is 460. The molecule has 0 aliphatic carbocycles. The van der Waals surface area contributed by atoms with Crippen molar-refractivity contribution >= 4 is 10.9 Å². The maximum atomic E-state index is 9.34. The number of aliphatic hydroxyl groups excluding tert-OH is 2. The molecule has 0 aliphatic rings. The van der Waals surface area contributed by atoms with Crippen LogP contribution in [0.2, 0.25) is 0 Å². The quantitative estimate of drug-likeness (QED) is 0.798. The zero-order valence-corrected chi connectivity index (χ0v) is 8.72. The van der Waals surface area contributed by atoms with Crippen molar-refractivity contribution in [2.75, 3.05) is 0 Å². The number of hydrogen-bond acceptors (Lipinski definition) is 2. The van der Waals surface area contributed by atoms with Gasteiger partial charge in [-0.3, -0.25) is 0 Å². The van der Waals surface area contributed by atoms with Crippen LogP contribution in [0.15, 0.2) is 30.5 Å². The van der Waals surface area contributed by atoms with Gasteiger partial charge in [-0.1, -0.05) is 12.1 Å². The fraction of sp³-hybridized carbons (Fsp3) is 0.333. The van der Waals surface area contributed by atoms with E-state index < -0.39 is 0 Å². The summed E-state index contributed by atoms with van der Waals surface area (Å²) in [4.78, 5) is 0. The Kier molecular flexibility index (Phi) is 2.75. The summed E-state index contributed by atoms with van der Waals surface area (Å²) in [7, 11) is 0. The van der Waals surface area contributed by atoms with E-state index in [2.05, 4.69) is 0 Å². The second kappa shape index (κ2) is 4.04. The monoisotopic (exact) mass is 205 g/mol. The Morgan fingerprint density at radius 1 is 1.33 bits per heavy atom. The lowest BCUT2D eigenvalue weighted by Gasteiger charge is -2.08. The van der Waals surface area contributed by atoms with Crippen LogP contribution in [0.3, 0.4) is 0 Å². The van der Waals surface area contributed by atoms with E-state index in [1.165, 1.54) is 0 Å². The summed E-state index contributed by atoms with van der Waals surface area (Å²) in [6.07, 6.45) is 1.58. The summed E-state index contributed by atoms with van der Waals surface area (Å²) < 4.78 is 2.00. The lowest BCUT2D eigenvalue weighted by Crippen LogP contribution is -2.10. The Hall–Kier alpha value is -1.32. The average molecular weight is 205 g/mol. The third kappa shape index (κ3) is 1.89. The molecule has 0 saturated heterocycles. The summed E-state index contributed by atoms with van der Waals surface area (Å²) in [5.74, 6) is 0. The highest BCUT2D eigenvalue weighted by Gasteiger charge is 2.05. The van der Waals surface area contributed by atoms with Gasteiger partial charge in [-0.05, 0) is 24.6 Å². The van der Waals surface area contributed by atoms with Gasteiger partial charge in [0.15, 0.2) is 0 Å². The van der Waals surface area contributed by atoms with Gasteiger partial charge in [0, 0.05) is 23.6 Å². The first-order valence-electron chi connectivity index (χ1n) is 5.08. The summed E-state index contributed by atoms with van der Waals surface area (Å²) in [5, 5.41) is 19.6. The molecule has 1 unspecified atom stereocenters. The Morgan fingerprint density at radius 2 is 2.13 bits per heavy atom. The van der Waals surface area contributed by atoms with Crippen LogP contribution in [0.25, 0.3) is 10.9 Å². The van der Waals surface area contributed by atoms with E-state index in [-0.39, 0.29) is 12.7 Å². The molecule has 1 aromatic carbocycles. The molecule has 1 aromatic heterocycles. The second-order valence-corrected chi connectivity index (χ2v) is 3.83. The van der Waals surface area contributed by atoms with Gasteiger partial charge in [0.1, 0.15) is 0 Å². The predicted molar refractivity (Wildman–Crippen MR) is 59.5 cm³/mol. The maximum Gasteiger partial charge on any atom is 0.0691 e. The lowest BCUT2D eigenvalue weighted by molar-refractivity contribution is 0.175. The highest BCUT2D eigenvalue weighted by atomic mass is 16.3. The molecule has 0 bridgehead atoms. The number of aliphatic hydroxyl groups is 2. The number of hydrogen-bond donors (Lipinski definition) is 2. The highest BCUT2D eigenvalue weighted by Crippen LogP contribution is 2.20. The van der Waals surface area contributed by atoms with Crippen LogP contribution in [-0.4, -0.2) is 20.9 Å². The SMILES string of the molecule is CC(O)Cn1ccc2c(CO)cccc21. The van der Waals surface area contributed by atoms with Crippen molar-refractivity contribution in [2.24, 2.45) is 0 Å². The Balaban J connectivity index is 2.51. The van der Waals surface area contributed by atoms with E-state index in [0.717, 1.165) is 16.5 Å². The van der Waals surface area contributed by atoms with Gasteiger partial charge in [-0.2, -0.15) is 0 Å². The van der Waals surface area contributed by atoms with Gasteiger partial charge >= 0.3 is 0 Å². The number of benzene rings is 1. The topological polar surface area (TPSA) is 45.4 Å². The minimum absolute atomic E-state index is 0.0516. The van der Waals surface area contributed by atoms with Gasteiger partial charge in [0.2, 0.25) is 0 Å². The van der Waals surface area contributed by atoms with Crippen LogP contribution in [0.1, 0.15) is 12.5 Å². The molecule has 2 aromatic rings. The van der Waals surface area contributed by atoms with Crippen LogP contribution in [0.5, 0.6) is 0 Å². The predicted octanol–water partition coefficient (Wildman–Crippen LogP) is 1.51. The molecule has 0 spiro atoms. The molecule has 2 N–H and O–H groups in total. The van der Waals surface area contributed by atoms with E-state index in [0.29, 0.717) is 6.54 Å². The molecule has 0 radical (unpaired) electrons. The Labute approximate surface area is 88.6 Å². The molecule has 3 heteroatoms. The largest absolute Gasteiger partial charge is 0.392 e. The van der Waals surface area contributed by atoms with Crippen molar-refractivity contribution in [3.63, 3.8) is 0 Å². The van der Waals surface area contributed by atoms with Gasteiger partial charge in [-0.15, -0.1) is 0 Å². The summed E-state index contributed by atoms with van der Waals surface area (Å²) >= 11 is 0. The molecule has 0 fully saturated rings. The van der Waals surface area contributed by atoms with Gasteiger partial charge in [-0.25, -0.2) is 0 Å². The maximum absolute atomic E-state index is 9.34. The molecule has 1 atom stereocenters. The smallest absolute Gasteiger partial charge is 0.0691 e. The molecule has 15 heavy (non-hydrogen) atoms. The summed E-state index contributed by atoms with van der Waals surface area (Å²) in [5.41, 5.74) is 1.99. The minimum atomic E-state index is -0.363. The molecule has 1 heterocycles. The molecule has 0 aliphatic heterocycles. The average Bonchev–Trinajstić information content (AvgIpc) is 2.61. The first kappa shape index (κ1) is 10.2. The van der Waals surface area contributed by atoms with E-state index in [1.54, 1.807) is 6.92 Å². The van der Waals surface area contributed by atoms with Crippen molar-refractivity contribution in [2.45, 2.75) is 26.2 Å². The molecule has 0 amide bonds. The highest BCUT2D eigenvalue weighted by molar-refractivity contribution is 5.83. The lowest BCUT2D eigenvalue weighted by atomic mass is 10.1. The fourth-order valence-electron chi connectivity index (χ4n) is 1.87. The standard InChI is InChI=1S/C12H15NO2/c1-9(15)7-13-6-5-11-10(8-14)3-2-4-12(11)13/h2-6,9,14-15H,7-8H2,1H3. The molecule has 3 nitrogen and oxygen atoms in total. The Morgan fingerprint density at radius 3 is 2.80 bits per heavy atom. The van der Waals surface area contributed by atoms with Gasteiger partial charge in [0.05, 0.1) is 12.7 Å². The molecular weight excluding hydrogens is 190 g/mol. The molecular formula is C12H15NO2. The zero-order chi connectivity index (χ0) is 10.8. The first-order chi connectivity index (χ1) is 7.22. The fourth-order valence-corrected chi connectivity index (χ4v) is 1.87. The van der Waals surface area contributed by atoms with Crippen molar-refractivity contribution in [3.8, 4) is 0 Å². The van der Waals surface area contributed by atoms with Crippen molar-refractivity contribution < 1.29 is 10.2 Å². The van der Waals surface area contributed by atoms with Crippen LogP contribution < -0.4 is 0 Å². The van der Waals surface area contributed by atoms with Crippen molar-refractivity contribution in [3.05, 3.63) is 36.0 Å². The molecule has 2 rings (SSSR count). The van der Waals surface area contributed by atoms with E-state index >= 15 is 0 Å². The van der Waals surface area contributed by atoms with Crippen molar-refractivity contribution in [1.29, 1.82) is 0 Å². The summed E-state index contributed by atoms with van der Waals surface area (Å²) in [6, 6.07) is 7.81. The normalized spacial score (nSPS) is 13.3. The second-order valence-electron chi connectivity index (χ2n) is 3.83. The zero-order valence-electron chi connectivity index (χ0n) is 8.72. The van der Waals surface area contributed by atoms with Crippen molar-refractivity contribution in [1.82, 2.24) is 4.57 Å².